The SMILES string of the molecule is CCNC(CSc1nnc2n1CCCCC2)C(=O)O. The summed E-state index contributed by atoms with van der Waals surface area (Å²) >= 11 is 1.47. The van der Waals surface area contributed by atoms with Crippen LogP contribution >= 0.6 is 11.8 Å². The van der Waals surface area contributed by atoms with E-state index in [1.807, 2.05) is 6.92 Å². The van der Waals surface area contributed by atoms with Gasteiger partial charge in [-0.3, -0.25) is 4.79 Å². The monoisotopic (exact) mass is 284 g/mol. The van der Waals surface area contributed by atoms with E-state index in [9.17, 15) is 4.79 Å². The van der Waals surface area contributed by atoms with E-state index >= 15 is 0 Å². The van der Waals surface area contributed by atoms with Crippen LogP contribution in [-0.2, 0) is 17.8 Å². The molecule has 0 saturated heterocycles. The van der Waals surface area contributed by atoms with Crippen LogP contribution in [0.4, 0.5) is 0 Å². The van der Waals surface area contributed by atoms with Gasteiger partial charge in [0, 0.05) is 18.7 Å². The fraction of sp³-hybridized carbons (Fsp3) is 0.750. The average Bonchev–Trinajstić information content (AvgIpc) is 2.62. The van der Waals surface area contributed by atoms with E-state index in [-0.39, 0.29) is 0 Å². The summed E-state index contributed by atoms with van der Waals surface area (Å²) in [6.07, 6.45) is 4.51. The highest BCUT2D eigenvalue weighted by Crippen LogP contribution is 2.22. The lowest BCUT2D eigenvalue weighted by Crippen LogP contribution is -2.38. The van der Waals surface area contributed by atoms with Gasteiger partial charge in [0.25, 0.3) is 0 Å². The van der Waals surface area contributed by atoms with Crippen molar-refractivity contribution in [2.75, 3.05) is 12.3 Å². The van der Waals surface area contributed by atoms with Gasteiger partial charge in [-0.05, 0) is 19.4 Å². The molecule has 0 aromatic carbocycles. The van der Waals surface area contributed by atoms with Gasteiger partial charge in [-0.1, -0.05) is 25.1 Å². The Balaban J connectivity index is 1.99. The highest BCUT2D eigenvalue weighted by atomic mass is 32.2. The molecule has 2 rings (SSSR count). The topological polar surface area (TPSA) is 80.0 Å². The zero-order chi connectivity index (χ0) is 13.7. The Morgan fingerprint density at radius 2 is 2.32 bits per heavy atom. The summed E-state index contributed by atoms with van der Waals surface area (Å²) in [5.41, 5.74) is 0. The first kappa shape index (κ1) is 14.3. The first-order chi connectivity index (χ1) is 9.22. The first-order valence-corrected chi connectivity index (χ1v) is 7.72. The van der Waals surface area contributed by atoms with E-state index in [0.29, 0.717) is 12.3 Å². The predicted molar refractivity (Wildman–Crippen MR) is 73.4 cm³/mol. The highest BCUT2D eigenvalue weighted by molar-refractivity contribution is 7.99. The van der Waals surface area contributed by atoms with Gasteiger partial charge >= 0.3 is 5.97 Å². The number of nitrogens with zero attached hydrogens (tertiary/aromatic N) is 3. The minimum Gasteiger partial charge on any atom is -0.480 e. The number of aryl methyl sites for hydroxylation is 1. The number of rotatable bonds is 6. The summed E-state index contributed by atoms with van der Waals surface area (Å²) in [4.78, 5) is 11.1. The largest absolute Gasteiger partial charge is 0.480 e. The summed E-state index contributed by atoms with van der Waals surface area (Å²) in [5, 5.41) is 21.3. The highest BCUT2D eigenvalue weighted by Gasteiger charge is 2.20. The molecular formula is C12H20N4O2S. The molecule has 6 nitrogen and oxygen atoms in total. The molecule has 1 atom stereocenters. The van der Waals surface area contributed by atoms with Crippen LogP contribution < -0.4 is 5.32 Å². The normalized spacial score (nSPS) is 16.7. The Morgan fingerprint density at radius 1 is 1.47 bits per heavy atom. The van der Waals surface area contributed by atoms with Crippen molar-refractivity contribution in [3.63, 3.8) is 0 Å². The van der Waals surface area contributed by atoms with Crippen LogP contribution in [0.3, 0.4) is 0 Å². The van der Waals surface area contributed by atoms with Crippen molar-refractivity contribution in [1.29, 1.82) is 0 Å². The molecule has 1 aromatic rings. The molecule has 1 aliphatic heterocycles. The number of fused-ring (bicyclic) bond motifs is 1. The second-order valence-electron chi connectivity index (χ2n) is 4.62. The van der Waals surface area contributed by atoms with Crippen molar-refractivity contribution >= 4 is 17.7 Å². The van der Waals surface area contributed by atoms with E-state index in [2.05, 4.69) is 20.1 Å². The lowest BCUT2D eigenvalue weighted by atomic mass is 10.2. The minimum atomic E-state index is -0.815. The van der Waals surface area contributed by atoms with Gasteiger partial charge in [0.15, 0.2) is 5.16 Å². The number of hydrogen-bond donors (Lipinski definition) is 2. The molecule has 106 valence electrons. The van der Waals surface area contributed by atoms with Crippen molar-refractivity contribution < 1.29 is 9.90 Å². The second-order valence-corrected chi connectivity index (χ2v) is 5.61. The quantitative estimate of drug-likeness (QED) is 0.763. The molecule has 7 heteroatoms. The third-order valence-electron chi connectivity index (χ3n) is 3.20. The molecular weight excluding hydrogens is 264 g/mol. The van der Waals surface area contributed by atoms with Gasteiger partial charge in [0.2, 0.25) is 0 Å². The number of carboxylic acids is 1. The zero-order valence-corrected chi connectivity index (χ0v) is 11.9. The Hall–Kier alpha value is -1.08. The van der Waals surface area contributed by atoms with Gasteiger partial charge < -0.3 is 15.0 Å². The van der Waals surface area contributed by atoms with Crippen molar-refractivity contribution in [2.24, 2.45) is 0 Å². The standard InChI is InChI=1S/C12H20N4O2S/c1-2-13-9(11(17)18)8-19-12-15-14-10-6-4-3-5-7-16(10)12/h9,13H,2-8H2,1H3,(H,17,18). The molecule has 1 aromatic heterocycles. The number of thioether (sulfide) groups is 1. The molecule has 19 heavy (non-hydrogen) atoms. The molecule has 0 amide bonds. The molecule has 2 N–H and O–H groups in total. The number of nitrogens with one attached hydrogen (secondary N) is 1. The van der Waals surface area contributed by atoms with E-state index in [1.54, 1.807) is 0 Å². The third-order valence-corrected chi connectivity index (χ3v) is 4.26. The second kappa shape index (κ2) is 6.91. The summed E-state index contributed by atoms with van der Waals surface area (Å²) in [7, 11) is 0. The smallest absolute Gasteiger partial charge is 0.321 e. The molecule has 1 unspecified atom stereocenters. The average molecular weight is 284 g/mol. The zero-order valence-electron chi connectivity index (χ0n) is 11.1. The van der Waals surface area contributed by atoms with Crippen LogP contribution in [0.5, 0.6) is 0 Å². The number of aromatic nitrogens is 3. The van der Waals surface area contributed by atoms with Gasteiger partial charge in [-0.25, -0.2) is 0 Å². The van der Waals surface area contributed by atoms with Gasteiger partial charge in [0.05, 0.1) is 0 Å². The van der Waals surface area contributed by atoms with Crippen LogP contribution in [0.25, 0.3) is 0 Å². The Bertz CT molecular complexity index is 435. The lowest BCUT2D eigenvalue weighted by molar-refractivity contribution is -0.138. The molecule has 0 radical (unpaired) electrons. The maximum atomic E-state index is 11.1. The summed E-state index contributed by atoms with van der Waals surface area (Å²) in [6.45, 7) is 3.50. The molecule has 1 aliphatic rings. The number of likely N-dealkylation sites (N-methyl/N-ethyl adjacent to an activating group) is 1. The predicted octanol–water partition coefficient (Wildman–Crippen LogP) is 1.16. The minimum absolute atomic E-state index is 0.474. The van der Waals surface area contributed by atoms with E-state index < -0.39 is 12.0 Å². The third kappa shape index (κ3) is 3.70. The molecule has 0 aliphatic carbocycles. The number of carboxylic acid groups (broad SMARTS) is 1. The van der Waals surface area contributed by atoms with Crippen LogP contribution in [0.15, 0.2) is 5.16 Å². The molecule has 2 heterocycles. The number of aliphatic carboxylic acids is 1. The number of carbonyl (C=O) groups is 1. The summed E-state index contributed by atoms with van der Waals surface area (Å²) < 4.78 is 2.14. The molecule has 0 spiro atoms. The lowest BCUT2D eigenvalue weighted by Gasteiger charge is -2.12. The maximum absolute atomic E-state index is 11.1. The maximum Gasteiger partial charge on any atom is 0.321 e. The molecule has 0 fully saturated rings. The van der Waals surface area contributed by atoms with Gasteiger partial charge in [-0.2, -0.15) is 0 Å². The van der Waals surface area contributed by atoms with Crippen LogP contribution in [-0.4, -0.2) is 44.2 Å². The molecule has 0 saturated carbocycles. The summed E-state index contributed by atoms with van der Waals surface area (Å²) in [5.74, 6) is 0.696. The van der Waals surface area contributed by atoms with Crippen molar-refractivity contribution in [2.45, 2.75) is 50.4 Å². The summed E-state index contributed by atoms with van der Waals surface area (Å²) in [6, 6.07) is -0.534. The van der Waals surface area contributed by atoms with Crippen LogP contribution in [0.2, 0.25) is 0 Å². The Kier molecular flexibility index (Phi) is 5.21. The van der Waals surface area contributed by atoms with E-state index in [1.165, 1.54) is 18.2 Å². The Morgan fingerprint density at radius 3 is 3.05 bits per heavy atom. The van der Waals surface area contributed by atoms with Crippen molar-refractivity contribution in [3.05, 3.63) is 5.82 Å². The fourth-order valence-electron chi connectivity index (χ4n) is 2.19. The van der Waals surface area contributed by atoms with Crippen molar-refractivity contribution in [1.82, 2.24) is 20.1 Å². The van der Waals surface area contributed by atoms with E-state index in [4.69, 9.17) is 5.11 Å². The van der Waals surface area contributed by atoms with Gasteiger partial charge in [-0.15, -0.1) is 10.2 Å². The van der Waals surface area contributed by atoms with Gasteiger partial charge in [0.1, 0.15) is 11.9 Å². The van der Waals surface area contributed by atoms with Crippen LogP contribution in [0, 0.1) is 0 Å². The molecule has 0 bridgehead atoms. The number of hydrogen-bond acceptors (Lipinski definition) is 5. The van der Waals surface area contributed by atoms with E-state index in [0.717, 1.165) is 36.8 Å². The van der Waals surface area contributed by atoms with Crippen molar-refractivity contribution in [3.8, 4) is 0 Å². The van der Waals surface area contributed by atoms with Crippen LogP contribution in [0.1, 0.15) is 32.0 Å². The fourth-order valence-corrected chi connectivity index (χ4v) is 3.21. The first-order valence-electron chi connectivity index (χ1n) is 6.73. The Labute approximate surface area is 117 Å².